The van der Waals surface area contributed by atoms with Gasteiger partial charge in [-0.05, 0) is 37.3 Å². The summed E-state index contributed by atoms with van der Waals surface area (Å²) >= 11 is 0. The van der Waals surface area contributed by atoms with Crippen LogP contribution in [-0.2, 0) is 23.9 Å². The molecule has 8 heteroatoms. The molecule has 0 amide bonds. The molecule has 0 aromatic carbocycles. The van der Waals surface area contributed by atoms with E-state index in [2.05, 4.69) is 6.92 Å². The summed E-state index contributed by atoms with van der Waals surface area (Å²) in [6.45, 7) is 7.99. The molecular weight excluding hydrogens is 512 g/mol. The second-order valence-corrected chi connectivity index (χ2v) is 12.3. The highest BCUT2D eigenvalue weighted by Crippen LogP contribution is 2.76. The first-order chi connectivity index (χ1) is 18.9. The van der Waals surface area contributed by atoms with Crippen molar-refractivity contribution in [2.24, 2.45) is 35.0 Å². The van der Waals surface area contributed by atoms with Crippen LogP contribution in [0.1, 0.15) is 66.7 Å². The Morgan fingerprint density at radius 2 is 1.88 bits per heavy atom. The molecule has 0 aromatic heterocycles. The Hall–Kier alpha value is -2.55. The number of hydrogen-bond acceptors (Lipinski definition) is 8. The first-order valence-corrected chi connectivity index (χ1v) is 14.5. The molecule has 0 aliphatic heterocycles. The minimum atomic E-state index is -1.57. The van der Waals surface area contributed by atoms with Crippen LogP contribution >= 0.6 is 0 Å². The number of carbonyl (C=O) groups is 3. The van der Waals surface area contributed by atoms with Gasteiger partial charge in [-0.25, -0.2) is 4.79 Å². The van der Waals surface area contributed by atoms with Crippen LogP contribution in [0.15, 0.2) is 47.6 Å². The van der Waals surface area contributed by atoms with Crippen LogP contribution < -0.4 is 0 Å². The molecule has 2 fully saturated rings. The van der Waals surface area contributed by atoms with E-state index in [0.717, 1.165) is 25.7 Å². The SMILES string of the molecule is CCCCCC=CC=CC(=O)OC1C(C)C2(O)C3C=C(C)C(=O)C3CC(CO)=CC2C2C(C)(CO)C12OC(C)=O. The Morgan fingerprint density at radius 3 is 2.50 bits per heavy atom. The fourth-order valence-electron chi connectivity index (χ4n) is 8.01. The molecule has 4 aliphatic rings. The molecule has 0 aromatic rings. The number of unbranched alkanes of at least 4 members (excludes halogenated alkanes) is 3. The van der Waals surface area contributed by atoms with E-state index in [0.29, 0.717) is 17.6 Å². The number of ether oxygens (including phenoxy) is 2. The van der Waals surface area contributed by atoms with E-state index in [9.17, 15) is 29.7 Å². The smallest absolute Gasteiger partial charge is 0.331 e. The first-order valence-electron chi connectivity index (χ1n) is 14.5. The third-order valence-electron chi connectivity index (χ3n) is 10.0. The highest BCUT2D eigenvalue weighted by molar-refractivity contribution is 6.00. The lowest BCUT2D eigenvalue weighted by atomic mass is 9.60. The van der Waals surface area contributed by atoms with Gasteiger partial charge in [0.25, 0.3) is 0 Å². The van der Waals surface area contributed by atoms with Crippen molar-refractivity contribution < 1.29 is 39.2 Å². The Morgan fingerprint density at radius 1 is 1.15 bits per heavy atom. The molecule has 0 spiro atoms. The van der Waals surface area contributed by atoms with Gasteiger partial charge in [-0.3, -0.25) is 9.59 Å². The number of esters is 2. The highest BCUT2D eigenvalue weighted by atomic mass is 16.6. The molecule has 0 heterocycles. The van der Waals surface area contributed by atoms with E-state index < -0.39 is 64.2 Å². The molecule has 9 unspecified atom stereocenters. The topological polar surface area (TPSA) is 130 Å². The monoisotopic (exact) mass is 556 g/mol. The molecule has 40 heavy (non-hydrogen) atoms. The quantitative estimate of drug-likeness (QED) is 0.122. The zero-order valence-corrected chi connectivity index (χ0v) is 24.3. The fraction of sp³-hybridized carbons (Fsp3) is 0.656. The largest absolute Gasteiger partial charge is 0.454 e. The number of aliphatic hydroxyl groups is 3. The van der Waals surface area contributed by atoms with Gasteiger partial charge in [-0.1, -0.05) is 64.0 Å². The molecule has 4 rings (SSSR count). The van der Waals surface area contributed by atoms with Crippen LogP contribution in [0.4, 0.5) is 0 Å². The van der Waals surface area contributed by atoms with E-state index >= 15 is 0 Å². The minimum Gasteiger partial charge on any atom is -0.454 e. The van der Waals surface area contributed by atoms with Crippen molar-refractivity contribution in [3.8, 4) is 0 Å². The third-order valence-corrected chi connectivity index (χ3v) is 10.0. The van der Waals surface area contributed by atoms with Crippen molar-refractivity contribution in [3.63, 3.8) is 0 Å². The molecule has 2 saturated carbocycles. The van der Waals surface area contributed by atoms with Gasteiger partial charge in [0.2, 0.25) is 0 Å². The number of rotatable bonds is 10. The summed E-state index contributed by atoms with van der Waals surface area (Å²) in [7, 11) is 0. The lowest BCUT2D eigenvalue weighted by molar-refractivity contribution is -0.218. The van der Waals surface area contributed by atoms with Crippen LogP contribution in [0.3, 0.4) is 0 Å². The van der Waals surface area contributed by atoms with E-state index in [4.69, 9.17) is 9.47 Å². The summed E-state index contributed by atoms with van der Waals surface area (Å²) in [6.07, 6.45) is 13.7. The van der Waals surface area contributed by atoms with Gasteiger partial charge in [-0.15, -0.1) is 0 Å². The predicted octanol–water partition coefficient (Wildman–Crippen LogP) is 3.60. The van der Waals surface area contributed by atoms with Crippen LogP contribution in [0.5, 0.6) is 0 Å². The average molecular weight is 557 g/mol. The van der Waals surface area contributed by atoms with Gasteiger partial charge >= 0.3 is 11.9 Å². The molecule has 9 atom stereocenters. The third kappa shape index (κ3) is 4.62. The average Bonchev–Trinajstić information content (AvgIpc) is 3.36. The van der Waals surface area contributed by atoms with Gasteiger partial charge in [-0.2, -0.15) is 0 Å². The van der Waals surface area contributed by atoms with Crippen molar-refractivity contribution in [3.05, 3.63) is 47.6 Å². The number of hydrogen-bond donors (Lipinski definition) is 3. The Balaban J connectivity index is 1.75. The summed E-state index contributed by atoms with van der Waals surface area (Å²) in [5, 5.41) is 33.5. The van der Waals surface area contributed by atoms with Gasteiger partial charge < -0.3 is 24.8 Å². The van der Waals surface area contributed by atoms with Crippen molar-refractivity contribution in [1.29, 1.82) is 0 Å². The molecule has 4 aliphatic carbocycles. The van der Waals surface area contributed by atoms with Crippen LogP contribution in [0.2, 0.25) is 0 Å². The van der Waals surface area contributed by atoms with Gasteiger partial charge in [0.1, 0.15) is 6.10 Å². The molecule has 8 nitrogen and oxygen atoms in total. The highest BCUT2D eigenvalue weighted by Gasteiger charge is 2.88. The Kier molecular flexibility index (Phi) is 8.65. The summed E-state index contributed by atoms with van der Waals surface area (Å²) in [6, 6.07) is 0. The fourth-order valence-corrected chi connectivity index (χ4v) is 8.01. The van der Waals surface area contributed by atoms with Crippen LogP contribution in [0.25, 0.3) is 0 Å². The van der Waals surface area contributed by atoms with Gasteiger partial charge in [0.15, 0.2) is 11.4 Å². The number of Topliss-reactive ketones (excluding diaryl/α,β-unsaturated/α-hetero) is 1. The maximum Gasteiger partial charge on any atom is 0.331 e. The standard InChI is InChI=1S/C32H44O8/c1-6-7-8-9-10-11-12-13-26(36)39-29-20(3)31(38)24-14-19(2)27(37)23(24)15-22(17-33)16-25(31)28-30(5,18-34)32(28,29)40-21(4)35/h10-14,16,20,23-25,28-29,33-34,38H,6-9,15,17-18H2,1-5H3. The lowest BCUT2D eigenvalue weighted by Crippen LogP contribution is -2.63. The van der Waals surface area contributed by atoms with Crippen LogP contribution in [-0.4, -0.2) is 63.6 Å². The molecule has 220 valence electrons. The summed E-state index contributed by atoms with van der Waals surface area (Å²) in [5.74, 6) is -4.53. The number of ketones is 1. The second kappa shape index (κ2) is 11.4. The molecule has 0 bridgehead atoms. The molecule has 0 radical (unpaired) electrons. The minimum absolute atomic E-state index is 0.0784. The van der Waals surface area contributed by atoms with Crippen molar-refractivity contribution in [2.75, 3.05) is 13.2 Å². The zero-order chi connectivity index (χ0) is 29.5. The molecule has 3 N–H and O–H groups in total. The first kappa shape index (κ1) is 30.4. The number of aliphatic hydroxyl groups excluding tert-OH is 2. The lowest BCUT2D eigenvalue weighted by Gasteiger charge is -2.52. The van der Waals surface area contributed by atoms with E-state index in [1.54, 1.807) is 45.1 Å². The number of fused-ring (bicyclic) bond motifs is 5. The van der Waals surface area contributed by atoms with Crippen molar-refractivity contribution >= 4 is 17.7 Å². The second-order valence-electron chi connectivity index (χ2n) is 12.3. The summed E-state index contributed by atoms with van der Waals surface area (Å²) < 4.78 is 12.0. The molecule has 0 saturated heterocycles. The maximum atomic E-state index is 13.2. The van der Waals surface area contributed by atoms with Crippen LogP contribution in [0, 0.1) is 35.0 Å². The maximum absolute atomic E-state index is 13.2. The van der Waals surface area contributed by atoms with Gasteiger partial charge in [0, 0.05) is 48.0 Å². The van der Waals surface area contributed by atoms with Gasteiger partial charge in [0.05, 0.1) is 18.8 Å². The normalized spacial score (nSPS) is 40.1. The Labute approximate surface area is 236 Å². The van der Waals surface area contributed by atoms with Crippen molar-refractivity contribution in [1.82, 2.24) is 0 Å². The summed E-state index contributed by atoms with van der Waals surface area (Å²) in [5.41, 5.74) is -2.82. The van der Waals surface area contributed by atoms with E-state index in [1.807, 2.05) is 6.08 Å². The Bertz CT molecular complexity index is 1150. The number of carbonyl (C=O) groups excluding carboxylic acids is 3. The molecular formula is C32H44O8. The van der Waals surface area contributed by atoms with E-state index in [1.165, 1.54) is 13.0 Å². The zero-order valence-electron chi connectivity index (χ0n) is 24.3. The van der Waals surface area contributed by atoms with Crippen molar-refractivity contribution in [2.45, 2.75) is 84.0 Å². The van der Waals surface area contributed by atoms with E-state index in [-0.39, 0.29) is 19.0 Å². The predicted molar refractivity (Wildman–Crippen MR) is 149 cm³/mol. The summed E-state index contributed by atoms with van der Waals surface area (Å²) in [4.78, 5) is 38.7. The number of allylic oxidation sites excluding steroid dienone is 4.